The Hall–Kier alpha value is -2.57. The van der Waals surface area contributed by atoms with Crippen LogP contribution in [-0.2, 0) is 6.54 Å². The van der Waals surface area contributed by atoms with Crippen LogP contribution >= 0.6 is 0 Å². The largest absolute Gasteiger partial charge is 0.469 e. The number of rotatable bonds is 4. The Balaban J connectivity index is 2.00. The van der Waals surface area contributed by atoms with Gasteiger partial charge in [0.25, 0.3) is 0 Å². The predicted molar refractivity (Wildman–Crippen MR) is 76.8 cm³/mol. The molecule has 0 amide bonds. The Morgan fingerprint density at radius 2 is 2.25 bits per heavy atom. The summed E-state index contributed by atoms with van der Waals surface area (Å²) in [6.07, 6.45) is 3.32. The first-order chi connectivity index (χ1) is 9.69. The first-order valence-corrected chi connectivity index (χ1v) is 6.32. The smallest absolute Gasteiger partial charge is 0.226 e. The van der Waals surface area contributed by atoms with Crippen LogP contribution in [0.3, 0.4) is 0 Å². The molecule has 0 atom stereocenters. The molecule has 0 aliphatic carbocycles. The van der Waals surface area contributed by atoms with Crippen molar-refractivity contribution in [1.82, 2.24) is 19.9 Å². The first kappa shape index (κ1) is 12.5. The Morgan fingerprint density at radius 3 is 2.95 bits per heavy atom. The summed E-state index contributed by atoms with van der Waals surface area (Å²) in [5.74, 6) is 2.27. The molecule has 3 aromatic heterocycles. The summed E-state index contributed by atoms with van der Waals surface area (Å²) in [4.78, 5) is 18.1. The normalized spacial score (nSPS) is 10.9. The topological polar surface area (TPSA) is 82.9 Å². The fourth-order valence-electron chi connectivity index (χ4n) is 2.11. The lowest BCUT2D eigenvalue weighted by Gasteiger charge is -2.18. The fraction of sp³-hybridized carbons (Fsp3) is 0.308. The second-order valence-electron chi connectivity index (χ2n) is 4.58. The minimum atomic E-state index is 0.551. The fourth-order valence-corrected chi connectivity index (χ4v) is 2.11. The van der Waals surface area contributed by atoms with Crippen molar-refractivity contribution in [2.24, 2.45) is 0 Å². The van der Waals surface area contributed by atoms with E-state index in [0.29, 0.717) is 18.1 Å². The maximum absolute atomic E-state index is 5.33. The maximum atomic E-state index is 5.33. The molecular weight excluding hydrogens is 256 g/mol. The second kappa shape index (κ2) is 4.84. The van der Waals surface area contributed by atoms with Gasteiger partial charge in [0, 0.05) is 26.2 Å². The van der Waals surface area contributed by atoms with Crippen molar-refractivity contribution in [3.63, 3.8) is 0 Å². The van der Waals surface area contributed by atoms with Gasteiger partial charge in [0.2, 0.25) is 5.95 Å². The van der Waals surface area contributed by atoms with E-state index in [9.17, 15) is 0 Å². The molecule has 0 radical (unpaired) electrons. The van der Waals surface area contributed by atoms with Crippen LogP contribution in [0.4, 0.5) is 11.8 Å². The zero-order valence-corrected chi connectivity index (χ0v) is 11.6. The number of imidazole rings is 1. The van der Waals surface area contributed by atoms with E-state index in [4.69, 9.17) is 4.42 Å². The van der Waals surface area contributed by atoms with Gasteiger partial charge in [-0.15, -0.1) is 0 Å². The number of nitrogens with zero attached hydrogens (tertiary/aromatic N) is 4. The third-order valence-electron chi connectivity index (χ3n) is 3.23. The third-order valence-corrected chi connectivity index (χ3v) is 3.23. The standard InChI is InChI=1S/C13H16N6O/c1-8-9(4-5-20-8)6-19(3)12-10-11(16-7-15-10)17-13(14-2)18-12/h4-5,7H,6H2,1-3H3,(H2,14,15,16,17,18). The lowest BCUT2D eigenvalue weighted by Crippen LogP contribution is -2.19. The van der Waals surface area contributed by atoms with Crippen molar-refractivity contribution in [1.29, 1.82) is 0 Å². The summed E-state index contributed by atoms with van der Waals surface area (Å²) in [7, 11) is 3.77. The number of hydrogen-bond acceptors (Lipinski definition) is 6. The highest BCUT2D eigenvalue weighted by Gasteiger charge is 2.14. The minimum Gasteiger partial charge on any atom is -0.469 e. The van der Waals surface area contributed by atoms with Gasteiger partial charge in [-0.05, 0) is 13.0 Å². The molecule has 0 spiro atoms. The number of nitrogens with one attached hydrogen (secondary N) is 2. The molecule has 7 nitrogen and oxygen atoms in total. The van der Waals surface area contributed by atoms with Gasteiger partial charge in [-0.1, -0.05) is 0 Å². The molecule has 0 fully saturated rings. The lowest BCUT2D eigenvalue weighted by atomic mass is 10.2. The molecule has 2 N–H and O–H groups in total. The Labute approximate surface area is 116 Å². The monoisotopic (exact) mass is 272 g/mol. The zero-order valence-electron chi connectivity index (χ0n) is 11.6. The number of aromatic nitrogens is 4. The number of furan rings is 1. The Bertz CT molecular complexity index is 731. The number of aromatic amines is 1. The predicted octanol–water partition coefficient (Wildman–Crippen LogP) is 1.93. The van der Waals surface area contributed by atoms with Crippen LogP contribution in [0.1, 0.15) is 11.3 Å². The summed E-state index contributed by atoms with van der Waals surface area (Å²) >= 11 is 0. The number of fused-ring (bicyclic) bond motifs is 1. The van der Waals surface area contributed by atoms with Crippen LogP contribution in [0.15, 0.2) is 23.1 Å². The van der Waals surface area contributed by atoms with Gasteiger partial charge in [-0.2, -0.15) is 9.97 Å². The quantitative estimate of drug-likeness (QED) is 0.755. The van der Waals surface area contributed by atoms with Crippen molar-refractivity contribution in [3.05, 3.63) is 30.0 Å². The SMILES string of the molecule is CNc1nc(N(C)Cc2ccoc2C)c2[nH]cnc2n1. The van der Waals surface area contributed by atoms with Crippen LogP contribution in [0.2, 0.25) is 0 Å². The molecule has 20 heavy (non-hydrogen) atoms. The highest BCUT2D eigenvalue weighted by atomic mass is 16.3. The molecule has 0 aromatic carbocycles. The van der Waals surface area contributed by atoms with Crippen LogP contribution in [0, 0.1) is 6.92 Å². The first-order valence-electron chi connectivity index (χ1n) is 6.32. The van der Waals surface area contributed by atoms with Gasteiger partial charge in [-0.25, -0.2) is 4.98 Å². The highest BCUT2D eigenvalue weighted by Crippen LogP contribution is 2.23. The number of hydrogen-bond donors (Lipinski definition) is 2. The van der Waals surface area contributed by atoms with Gasteiger partial charge in [0.15, 0.2) is 11.5 Å². The summed E-state index contributed by atoms with van der Waals surface area (Å²) in [6, 6.07) is 1.97. The molecule has 0 saturated carbocycles. The molecule has 0 aliphatic heterocycles. The van der Waals surface area contributed by atoms with Gasteiger partial charge in [0.05, 0.1) is 12.6 Å². The average Bonchev–Trinajstić information content (AvgIpc) is 3.06. The van der Waals surface area contributed by atoms with E-state index < -0.39 is 0 Å². The number of anilines is 2. The van der Waals surface area contributed by atoms with E-state index in [0.717, 1.165) is 22.7 Å². The van der Waals surface area contributed by atoms with Crippen LogP contribution in [-0.4, -0.2) is 34.0 Å². The Morgan fingerprint density at radius 1 is 1.40 bits per heavy atom. The molecule has 0 aliphatic rings. The van der Waals surface area contributed by atoms with Crippen molar-refractivity contribution in [2.45, 2.75) is 13.5 Å². The third kappa shape index (κ3) is 2.07. The number of H-pyrrole nitrogens is 1. The van der Waals surface area contributed by atoms with Gasteiger partial charge in [-0.3, -0.25) is 0 Å². The van der Waals surface area contributed by atoms with E-state index in [1.807, 2.05) is 24.9 Å². The summed E-state index contributed by atoms with van der Waals surface area (Å²) in [6.45, 7) is 2.66. The summed E-state index contributed by atoms with van der Waals surface area (Å²) in [5, 5.41) is 2.95. The van der Waals surface area contributed by atoms with E-state index >= 15 is 0 Å². The van der Waals surface area contributed by atoms with Crippen molar-refractivity contribution >= 4 is 22.9 Å². The van der Waals surface area contributed by atoms with Crippen LogP contribution in [0.25, 0.3) is 11.2 Å². The molecule has 0 unspecified atom stereocenters. The van der Waals surface area contributed by atoms with Gasteiger partial charge < -0.3 is 19.6 Å². The molecule has 3 rings (SSSR count). The summed E-state index contributed by atoms with van der Waals surface area (Å²) < 4.78 is 5.33. The van der Waals surface area contributed by atoms with Crippen LogP contribution in [0.5, 0.6) is 0 Å². The van der Waals surface area contributed by atoms with Crippen LogP contribution < -0.4 is 10.2 Å². The highest BCUT2D eigenvalue weighted by molar-refractivity contribution is 5.84. The second-order valence-corrected chi connectivity index (χ2v) is 4.58. The van der Waals surface area contributed by atoms with E-state index in [-0.39, 0.29) is 0 Å². The average molecular weight is 272 g/mol. The molecule has 3 heterocycles. The van der Waals surface area contributed by atoms with Crippen molar-refractivity contribution < 1.29 is 4.42 Å². The van der Waals surface area contributed by atoms with Crippen molar-refractivity contribution in [2.75, 3.05) is 24.3 Å². The van der Waals surface area contributed by atoms with E-state index in [1.54, 1.807) is 19.6 Å². The molecule has 104 valence electrons. The molecule has 0 saturated heterocycles. The molecule has 0 bridgehead atoms. The molecule has 3 aromatic rings. The number of aryl methyl sites for hydroxylation is 1. The van der Waals surface area contributed by atoms with Crippen molar-refractivity contribution in [3.8, 4) is 0 Å². The minimum absolute atomic E-state index is 0.551. The molecular formula is C13H16N6O. The zero-order chi connectivity index (χ0) is 14.1. The Kier molecular flexibility index (Phi) is 3.02. The molecule has 7 heteroatoms. The lowest BCUT2D eigenvalue weighted by molar-refractivity contribution is 0.529. The summed E-state index contributed by atoms with van der Waals surface area (Å²) in [5.41, 5.74) is 2.60. The van der Waals surface area contributed by atoms with E-state index in [2.05, 4.69) is 25.3 Å². The maximum Gasteiger partial charge on any atom is 0.226 e. The van der Waals surface area contributed by atoms with Gasteiger partial charge in [0.1, 0.15) is 11.3 Å². The van der Waals surface area contributed by atoms with Gasteiger partial charge >= 0.3 is 0 Å². The van der Waals surface area contributed by atoms with E-state index in [1.165, 1.54) is 0 Å².